The number of benzene rings is 5. The molecule has 0 radical (unpaired) electrons. The standard InChI is InChI=1S/C60H78O4P2/c1-38(2)48-26-20-27-49(39(3)4)56(48)61-65(62-57-50(40(5)6)28-21-29-51(57)41(7)8)60(36-34-47(35-37-60)46-24-18-17-19-25-46)66(63-58-52(42(9)10)30-22-31-53(58)43(11)12)64-59-54(44(13)14)32-23-33-55(59)45(15)16/h17-36,38-45H,37H2,1-16H3. The molecule has 0 amide bonds. The van der Waals surface area contributed by atoms with Gasteiger partial charge in [0, 0.05) is 0 Å². The molecule has 0 bridgehead atoms. The Balaban J connectivity index is 1.76. The van der Waals surface area contributed by atoms with Gasteiger partial charge in [-0.3, -0.25) is 0 Å². The predicted octanol–water partition coefficient (Wildman–Crippen LogP) is 19.7. The van der Waals surface area contributed by atoms with Gasteiger partial charge in [0.25, 0.3) is 0 Å². The molecule has 0 aromatic heterocycles. The molecule has 5 aromatic carbocycles. The highest BCUT2D eigenvalue weighted by atomic mass is 31.2. The van der Waals surface area contributed by atoms with Crippen LogP contribution >= 0.6 is 16.8 Å². The van der Waals surface area contributed by atoms with Gasteiger partial charge in [-0.15, -0.1) is 0 Å². The summed E-state index contributed by atoms with van der Waals surface area (Å²) in [6.45, 7) is 36.2. The summed E-state index contributed by atoms with van der Waals surface area (Å²) in [5.41, 5.74) is 11.7. The summed E-state index contributed by atoms with van der Waals surface area (Å²) < 4.78 is 31.8. The molecule has 1 aliphatic rings. The molecule has 0 unspecified atom stereocenters. The van der Waals surface area contributed by atoms with E-state index in [4.69, 9.17) is 18.1 Å². The fourth-order valence-electron chi connectivity index (χ4n) is 8.84. The van der Waals surface area contributed by atoms with Gasteiger partial charge in [0.2, 0.25) is 0 Å². The van der Waals surface area contributed by atoms with Crippen LogP contribution in [0.25, 0.3) is 5.57 Å². The SMILES string of the molecule is CC(C)c1cccc(C(C)C)c1OP(Oc1c(C(C)C)cccc1C(C)C)C1(P(Oc2c(C(C)C)cccc2C(C)C)Oc2c(C(C)C)cccc2C(C)C)C=CC(c2ccccc2)=CC1. The van der Waals surface area contributed by atoms with Crippen LogP contribution in [0, 0.1) is 0 Å². The molecule has 0 spiro atoms. The zero-order valence-electron chi connectivity index (χ0n) is 42.9. The minimum absolute atomic E-state index is 0.208. The number of rotatable bonds is 19. The average molecular weight is 925 g/mol. The van der Waals surface area contributed by atoms with Crippen molar-refractivity contribution in [2.45, 2.75) is 169 Å². The van der Waals surface area contributed by atoms with Crippen LogP contribution in [0.2, 0.25) is 0 Å². The molecule has 1 aliphatic carbocycles. The molecule has 0 saturated heterocycles. The summed E-state index contributed by atoms with van der Waals surface area (Å²) in [5.74, 6) is 5.27. The molecule has 0 saturated carbocycles. The van der Waals surface area contributed by atoms with Gasteiger partial charge in [0.05, 0.1) is 0 Å². The molecular weight excluding hydrogens is 847 g/mol. The number of para-hydroxylation sites is 4. The van der Waals surface area contributed by atoms with Crippen LogP contribution < -0.4 is 18.1 Å². The Bertz CT molecular complexity index is 2090. The molecule has 0 N–H and O–H groups in total. The van der Waals surface area contributed by atoms with E-state index in [-0.39, 0.29) is 47.3 Å². The van der Waals surface area contributed by atoms with E-state index in [0.717, 1.165) is 28.6 Å². The van der Waals surface area contributed by atoms with Crippen molar-refractivity contribution in [3.05, 3.63) is 171 Å². The van der Waals surface area contributed by atoms with Crippen LogP contribution in [0.1, 0.15) is 215 Å². The molecule has 0 atom stereocenters. The highest BCUT2D eigenvalue weighted by molar-refractivity contribution is 7.69. The molecule has 0 heterocycles. The van der Waals surface area contributed by atoms with Gasteiger partial charge in [-0.1, -0.05) is 232 Å². The van der Waals surface area contributed by atoms with Gasteiger partial charge in [0.15, 0.2) is 4.90 Å². The smallest absolute Gasteiger partial charge is 0.313 e. The second kappa shape index (κ2) is 22.2. The molecule has 5 aromatic rings. The van der Waals surface area contributed by atoms with Crippen molar-refractivity contribution < 1.29 is 18.1 Å². The van der Waals surface area contributed by atoms with Gasteiger partial charge in [-0.2, -0.15) is 0 Å². The third kappa shape index (κ3) is 11.1. The van der Waals surface area contributed by atoms with E-state index in [0.29, 0.717) is 6.42 Å². The first-order valence-corrected chi connectivity index (χ1v) is 27.0. The van der Waals surface area contributed by atoms with Crippen molar-refractivity contribution in [2.75, 3.05) is 0 Å². The van der Waals surface area contributed by atoms with Crippen molar-refractivity contribution in [2.24, 2.45) is 0 Å². The summed E-state index contributed by atoms with van der Waals surface area (Å²) in [6, 6.07) is 37.3. The Kier molecular flexibility index (Phi) is 17.1. The van der Waals surface area contributed by atoms with Gasteiger partial charge >= 0.3 is 16.8 Å². The summed E-state index contributed by atoms with van der Waals surface area (Å²) in [4.78, 5) is -0.934. The lowest BCUT2D eigenvalue weighted by Gasteiger charge is -2.42. The first-order chi connectivity index (χ1) is 31.4. The van der Waals surface area contributed by atoms with Crippen LogP contribution in [0.15, 0.2) is 121 Å². The summed E-state index contributed by atoms with van der Waals surface area (Å²) in [7, 11) is -3.90. The molecule has 66 heavy (non-hydrogen) atoms. The number of hydrogen-bond acceptors (Lipinski definition) is 4. The van der Waals surface area contributed by atoms with E-state index in [1.165, 1.54) is 50.1 Å². The fourth-order valence-corrected chi connectivity index (χ4v) is 12.9. The van der Waals surface area contributed by atoms with Crippen LogP contribution in [0.4, 0.5) is 0 Å². The van der Waals surface area contributed by atoms with Crippen LogP contribution in [0.3, 0.4) is 0 Å². The van der Waals surface area contributed by atoms with Crippen molar-refractivity contribution in [3.63, 3.8) is 0 Å². The third-order valence-electron chi connectivity index (χ3n) is 12.9. The molecule has 352 valence electrons. The normalized spacial score (nSPS) is 14.0. The van der Waals surface area contributed by atoms with E-state index in [1.807, 2.05) is 0 Å². The Morgan fingerprint density at radius 2 is 0.606 bits per heavy atom. The first-order valence-electron chi connectivity index (χ1n) is 24.6. The van der Waals surface area contributed by atoms with Crippen molar-refractivity contribution in [1.82, 2.24) is 0 Å². The average Bonchev–Trinajstić information content (AvgIpc) is 3.28. The maximum absolute atomic E-state index is 7.94. The second-order valence-electron chi connectivity index (χ2n) is 20.6. The van der Waals surface area contributed by atoms with E-state index in [9.17, 15) is 0 Å². The zero-order valence-corrected chi connectivity index (χ0v) is 44.7. The van der Waals surface area contributed by atoms with Crippen molar-refractivity contribution >= 4 is 22.3 Å². The quantitative estimate of drug-likeness (QED) is 0.0773. The van der Waals surface area contributed by atoms with Gasteiger partial charge in [-0.05, 0) is 109 Å². The molecule has 6 rings (SSSR count). The van der Waals surface area contributed by atoms with Crippen LogP contribution in [-0.2, 0) is 0 Å². The Labute approximate surface area is 402 Å². The highest BCUT2D eigenvalue weighted by Gasteiger charge is 2.56. The minimum Gasteiger partial charge on any atom is -0.437 e. The van der Waals surface area contributed by atoms with E-state index in [1.54, 1.807) is 0 Å². The Hall–Kier alpha value is -4.36. The maximum Gasteiger partial charge on any atom is 0.313 e. The second-order valence-corrected chi connectivity index (χ2v) is 24.3. The van der Waals surface area contributed by atoms with Gasteiger partial charge in [-0.25, -0.2) is 0 Å². The van der Waals surface area contributed by atoms with Gasteiger partial charge in [0.1, 0.15) is 23.0 Å². The highest BCUT2D eigenvalue weighted by Crippen LogP contribution is 2.73. The molecule has 6 heteroatoms. The van der Waals surface area contributed by atoms with Crippen molar-refractivity contribution in [1.29, 1.82) is 0 Å². The molecule has 4 nitrogen and oxygen atoms in total. The Morgan fingerprint density at radius 1 is 0.348 bits per heavy atom. The Morgan fingerprint density at radius 3 is 0.818 bits per heavy atom. The van der Waals surface area contributed by atoms with Crippen LogP contribution in [-0.4, -0.2) is 4.90 Å². The third-order valence-corrected chi connectivity index (χ3v) is 17.2. The lowest BCUT2D eigenvalue weighted by Crippen LogP contribution is -2.32. The minimum atomic E-state index is -1.95. The zero-order chi connectivity index (χ0) is 48.0. The summed E-state index contributed by atoms with van der Waals surface area (Å²) in [6.07, 6.45) is 7.60. The molecular formula is C60H78O4P2. The van der Waals surface area contributed by atoms with Crippen molar-refractivity contribution in [3.8, 4) is 23.0 Å². The lowest BCUT2D eigenvalue weighted by atomic mass is 9.94. The van der Waals surface area contributed by atoms with Gasteiger partial charge < -0.3 is 18.1 Å². The number of hydrogen-bond donors (Lipinski definition) is 0. The maximum atomic E-state index is 7.94. The molecule has 0 aliphatic heterocycles. The van der Waals surface area contributed by atoms with E-state index < -0.39 is 21.6 Å². The van der Waals surface area contributed by atoms with E-state index >= 15 is 0 Å². The lowest BCUT2D eigenvalue weighted by molar-refractivity contribution is 0.425. The summed E-state index contributed by atoms with van der Waals surface area (Å²) in [5, 5.41) is 0. The fraction of sp³-hybridized carbons (Fsp3) is 0.433. The number of allylic oxidation sites excluding steroid dienone is 4. The topological polar surface area (TPSA) is 36.9 Å². The first kappa shape index (κ1) is 51.0. The van der Waals surface area contributed by atoms with E-state index in [2.05, 4.69) is 232 Å². The monoisotopic (exact) mass is 925 g/mol. The van der Waals surface area contributed by atoms with Crippen LogP contribution in [0.5, 0.6) is 23.0 Å². The summed E-state index contributed by atoms with van der Waals surface area (Å²) >= 11 is 0. The predicted molar refractivity (Wildman–Crippen MR) is 286 cm³/mol. The largest absolute Gasteiger partial charge is 0.437 e. The molecule has 0 fully saturated rings.